The Labute approximate surface area is 239 Å². The number of fused-ring (bicyclic) bond motifs is 1. The van der Waals surface area contributed by atoms with Crippen molar-refractivity contribution in [1.82, 2.24) is 19.7 Å². The number of azide groups is 1. The number of para-hydroxylation sites is 1. The third kappa shape index (κ3) is 5.73. The van der Waals surface area contributed by atoms with Gasteiger partial charge < -0.3 is 29.9 Å². The van der Waals surface area contributed by atoms with Gasteiger partial charge in [0.15, 0.2) is 5.82 Å². The summed E-state index contributed by atoms with van der Waals surface area (Å²) >= 11 is 0. The fraction of sp³-hybridized carbons (Fsp3) is 0.417. The fourth-order valence-electron chi connectivity index (χ4n) is 4.26. The van der Waals surface area contributed by atoms with Crippen molar-refractivity contribution in [1.29, 1.82) is 5.26 Å². The maximum atomic E-state index is 13.9. The molecular weight excluding hydrogens is 573 g/mol. The number of nitrogens with one attached hydrogen (secondary N) is 1. The van der Waals surface area contributed by atoms with Crippen molar-refractivity contribution in [3.63, 3.8) is 0 Å². The summed E-state index contributed by atoms with van der Waals surface area (Å²) < 4.78 is 37.3. The van der Waals surface area contributed by atoms with Crippen molar-refractivity contribution >= 4 is 25.1 Å². The van der Waals surface area contributed by atoms with Crippen molar-refractivity contribution in [2.75, 3.05) is 12.3 Å². The number of anilines is 1. The highest BCUT2D eigenvalue weighted by atomic mass is 31.2. The van der Waals surface area contributed by atoms with E-state index in [-0.39, 0.29) is 22.8 Å². The minimum atomic E-state index is -4.55. The second-order valence-electron chi connectivity index (χ2n) is 9.55. The van der Waals surface area contributed by atoms with Crippen LogP contribution in [-0.2, 0) is 29.0 Å². The molecule has 42 heavy (non-hydrogen) atoms. The zero-order chi connectivity index (χ0) is 30.7. The number of nitrogens with zero attached hydrogens (tertiary/aromatic N) is 7. The Bertz CT molecular complexity index is 1590. The largest absolute Gasteiger partial charge is 0.462 e. The van der Waals surface area contributed by atoms with E-state index in [0.717, 1.165) is 6.33 Å². The van der Waals surface area contributed by atoms with Gasteiger partial charge >= 0.3 is 13.7 Å². The summed E-state index contributed by atoms with van der Waals surface area (Å²) in [6, 6.07) is 11.2. The zero-order valence-corrected chi connectivity index (χ0v) is 23.5. The van der Waals surface area contributed by atoms with Crippen molar-refractivity contribution in [3.05, 3.63) is 64.9 Å². The van der Waals surface area contributed by atoms with Gasteiger partial charge in [0.25, 0.3) is 0 Å². The second kappa shape index (κ2) is 11.9. The molecule has 1 saturated heterocycles. The molecule has 1 fully saturated rings. The Kier molecular flexibility index (Phi) is 8.71. The molecule has 3 aromatic rings. The molecule has 1 aliphatic heterocycles. The number of aliphatic hydroxyl groups excluding tert-OH is 2. The van der Waals surface area contributed by atoms with E-state index in [9.17, 15) is 30.4 Å². The van der Waals surface area contributed by atoms with E-state index in [0.29, 0.717) is 0 Å². The number of nitrogens with two attached hydrogens (primary N) is 1. The number of hydrogen-bond acceptors (Lipinski definition) is 13. The topological polar surface area (TPSA) is 252 Å². The lowest BCUT2D eigenvalue weighted by molar-refractivity contribution is -0.149. The van der Waals surface area contributed by atoms with E-state index in [1.54, 1.807) is 32.0 Å². The monoisotopic (exact) mass is 601 g/mol. The van der Waals surface area contributed by atoms with Gasteiger partial charge in [-0.3, -0.25) is 9.32 Å². The molecule has 1 aromatic carbocycles. The number of hydrogen-bond donors (Lipinski definition) is 4. The molecule has 222 valence electrons. The average molecular weight is 602 g/mol. The SMILES string of the molecule is CC(C)OC(=O)[C@@H](C)NP(=O)(OC[C@@]1(N=[N+]=[N-])O[C@@](C#N)(c2ccc3c(N)ncnn23)[C@H](O)[C@@H]1O)Oc1ccccc1. The summed E-state index contributed by atoms with van der Waals surface area (Å²) in [4.78, 5) is 19.0. The predicted octanol–water partition coefficient (Wildman–Crippen LogP) is 1.92. The van der Waals surface area contributed by atoms with Crippen LogP contribution in [0.3, 0.4) is 0 Å². The summed E-state index contributed by atoms with van der Waals surface area (Å²) in [5.41, 5.74) is 10.5. The molecule has 0 saturated carbocycles. The van der Waals surface area contributed by atoms with E-state index in [4.69, 9.17) is 24.3 Å². The summed E-state index contributed by atoms with van der Waals surface area (Å²) in [5, 5.41) is 42.5. The summed E-state index contributed by atoms with van der Waals surface area (Å²) in [5.74, 6) is -0.642. The predicted molar refractivity (Wildman–Crippen MR) is 144 cm³/mol. The molecule has 0 spiro atoms. The maximum absolute atomic E-state index is 13.9. The van der Waals surface area contributed by atoms with Crippen LogP contribution >= 0.6 is 7.75 Å². The van der Waals surface area contributed by atoms with Crippen LogP contribution < -0.4 is 15.3 Å². The van der Waals surface area contributed by atoms with Crippen LogP contribution in [0.1, 0.15) is 26.5 Å². The van der Waals surface area contributed by atoms with E-state index < -0.39 is 56.0 Å². The highest BCUT2D eigenvalue weighted by Gasteiger charge is 2.65. The smallest absolute Gasteiger partial charge is 0.459 e. The average Bonchev–Trinajstić information content (AvgIpc) is 3.48. The van der Waals surface area contributed by atoms with Crippen LogP contribution in [0.25, 0.3) is 16.0 Å². The van der Waals surface area contributed by atoms with Gasteiger partial charge in [-0.25, -0.2) is 14.1 Å². The lowest BCUT2D eigenvalue weighted by Crippen LogP contribution is -2.46. The van der Waals surface area contributed by atoms with E-state index in [2.05, 4.69) is 25.2 Å². The normalized spacial score (nSPS) is 25.7. The summed E-state index contributed by atoms with van der Waals surface area (Å²) in [6.45, 7) is 3.60. The standard InChI is InChI=1S/C24H28N9O8P/c1-14(2)39-22(36)15(3)30-42(37,40-16-7-5-4-6-8-16)38-12-24(31-32-27)20(35)19(34)23(11-25,41-24)18-10-9-17-21(26)28-13-29-33(17)18/h4-10,13-15,19-20,34-35H,12H2,1-3H3,(H,30,37)(H2,26,28,29)/t15-,19-,20+,23+,24-,42?/m1/s1. The van der Waals surface area contributed by atoms with Crippen molar-refractivity contribution < 1.29 is 38.1 Å². The number of carbonyl (C=O) groups excluding carboxylic acids is 1. The third-order valence-electron chi connectivity index (χ3n) is 6.23. The van der Waals surface area contributed by atoms with E-state index in [1.807, 2.05) is 6.07 Å². The Morgan fingerprint density at radius 1 is 1.31 bits per heavy atom. The van der Waals surface area contributed by atoms with Crippen LogP contribution in [0.2, 0.25) is 0 Å². The first-order chi connectivity index (χ1) is 19.9. The molecule has 0 amide bonds. The molecule has 1 aliphatic rings. The van der Waals surface area contributed by atoms with Gasteiger partial charge in [-0.1, -0.05) is 23.3 Å². The molecule has 4 rings (SSSR count). The Morgan fingerprint density at radius 3 is 2.67 bits per heavy atom. The van der Waals surface area contributed by atoms with Gasteiger partial charge in [0.05, 0.1) is 18.4 Å². The van der Waals surface area contributed by atoms with E-state index >= 15 is 0 Å². The Balaban J connectivity index is 1.70. The molecular formula is C24H28N9O8P. The first kappa shape index (κ1) is 30.7. The van der Waals surface area contributed by atoms with Gasteiger partial charge in [0.1, 0.15) is 41.9 Å². The number of nitriles is 1. The molecule has 5 N–H and O–H groups in total. The zero-order valence-electron chi connectivity index (χ0n) is 22.6. The molecule has 3 heterocycles. The van der Waals surface area contributed by atoms with Crippen LogP contribution in [0, 0.1) is 11.3 Å². The van der Waals surface area contributed by atoms with Crippen LogP contribution in [-0.4, -0.2) is 67.5 Å². The quantitative estimate of drug-likeness (QED) is 0.0806. The molecule has 0 bridgehead atoms. The number of esters is 1. The number of aromatic nitrogens is 3. The molecule has 18 heteroatoms. The highest BCUT2D eigenvalue weighted by molar-refractivity contribution is 7.52. The number of rotatable bonds is 11. The first-order valence-electron chi connectivity index (χ1n) is 12.5. The maximum Gasteiger partial charge on any atom is 0.459 e. The van der Waals surface area contributed by atoms with Gasteiger partial charge in [-0.05, 0) is 50.6 Å². The highest BCUT2D eigenvalue weighted by Crippen LogP contribution is 2.50. The van der Waals surface area contributed by atoms with Gasteiger partial charge in [-0.2, -0.15) is 15.4 Å². The molecule has 17 nitrogen and oxygen atoms in total. The minimum absolute atomic E-state index is 0.0530. The number of carbonyl (C=O) groups is 1. The Hall–Kier alpha value is -4.26. The molecule has 0 radical (unpaired) electrons. The first-order valence-corrected chi connectivity index (χ1v) is 14.0. The van der Waals surface area contributed by atoms with Gasteiger partial charge in [0.2, 0.25) is 11.3 Å². The van der Waals surface area contributed by atoms with Gasteiger partial charge in [0, 0.05) is 4.91 Å². The second-order valence-corrected chi connectivity index (χ2v) is 11.2. The van der Waals surface area contributed by atoms with Crippen molar-refractivity contribution in [3.8, 4) is 11.8 Å². The molecule has 2 aromatic heterocycles. The number of nitrogen functional groups attached to an aromatic ring is 1. The van der Waals surface area contributed by atoms with Gasteiger partial charge in [-0.15, -0.1) is 0 Å². The van der Waals surface area contributed by atoms with Crippen molar-refractivity contribution in [2.24, 2.45) is 5.11 Å². The van der Waals surface area contributed by atoms with E-state index in [1.165, 1.54) is 35.7 Å². The van der Waals surface area contributed by atoms with Crippen LogP contribution in [0.4, 0.5) is 5.82 Å². The Morgan fingerprint density at radius 2 is 2.02 bits per heavy atom. The summed E-state index contributed by atoms with van der Waals surface area (Å²) in [7, 11) is -4.55. The number of aliphatic hydroxyl groups is 2. The lowest BCUT2D eigenvalue weighted by atomic mass is 9.91. The lowest BCUT2D eigenvalue weighted by Gasteiger charge is -2.30. The summed E-state index contributed by atoms with van der Waals surface area (Å²) in [6.07, 6.45) is -3.49. The molecule has 0 aliphatic carbocycles. The van der Waals surface area contributed by atoms with Crippen LogP contribution in [0.15, 0.2) is 53.9 Å². The third-order valence-corrected chi connectivity index (χ3v) is 7.85. The minimum Gasteiger partial charge on any atom is -0.462 e. The number of benzene rings is 1. The fourth-order valence-corrected chi connectivity index (χ4v) is 5.78. The molecule has 6 atom stereocenters. The van der Waals surface area contributed by atoms with Crippen LogP contribution in [0.5, 0.6) is 5.75 Å². The molecule has 1 unspecified atom stereocenters. The number of ether oxygens (including phenoxy) is 2. The van der Waals surface area contributed by atoms with Crippen molar-refractivity contribution in [2.45, 2.75) is 56.5 Å².